The lowest BCUT2D eigenvalue weighted by Crippen LogP contribution is -2.42. The molecule has 0 heterocycles. The number of hydrogen-bond acceptors (Lipinski definition) is 3. The van der Waals surface area contributed by atoms with Gasteiger partial charge in [-0.1, -0.05) is 32.4 Å². The minimum atomic E-state index is 0.406. The quantitative estimate of drug-likeness (QED) is 0.452. The summed E-state index contributed by atoms with van der Waals surface area (Å²) in [5.41, 5.74) is 6.76. The average Bonchev–Trinajstić information content (AvgIpc) is 2.22. The molecule has 2 atom stereocenters. The van der Waals surface area contributed by atoms with E-state index in [-0.39, 0.29) is 0 Å². The Hall–Kier alpha value is -0.380. The van der Waals surface area contributed by atoms with Gasteiger partial charge < -0.3 is 15.8 Å². The van der Waals surface area contributed by atoms with Crippen LogP contribution in [-0.4, -0.2) is 32.3 Å². The summed E-state index contributed by atoms with van der Waals surface area (Å²) in [6.45, 7) is 13.1. The predicted molar refractivity (Wildman–Crippen MR) is 65.9 cm³/mol. The van der Waals surface area contributed by atoms with Crippen LogP contribution in [0.2, 0.25) is 0 Å². The van der Waals surface area contributed by atoms with E-state index in [9.17, 15) is 0 Å². The number of ether oxygens (including phenoxy) is 1. The van der Waals surface area contributed by atoms with E-state index in [0.717, 1.165) is 25.1 Å². The molecule has 0 aromatic heterocycles. The highest BCUT2D eigenvalue weighted by atomic mass is 16.5. The molecule has 0 spiro atoms. The monoisotopic (exact) mass is 214 g/mol. The Morgan fingerprint density at radius 3 is 2.67 bits per heavy atom. The molecule has 90 valence electrons. The zero-order valence-electron chi connectivity index (χ0n) is 10.4. The second-order valence-corrected chi connectivity index (χ2v) is 4.19. The summed E-state index contributed by atoms with van der Waals surface area (Å²) >= 11 is 0. The normalized spacial score (nSPS) is 14.9. The first-order valence-electron chi connectivity index (χ1n) is 5.77. The molecule has 0 fully saturated rings. The van der Waals surface area contributed by atoms with E-state index in [1.165, 1.54) is 0 Å². The maximum absolute atomic E-state index is 5.69. The van der Waals surface area contributed by atoms with Crippen LogP contribution in [0.5, 0.6) is 0 Å². The lowest BCUT2D eigenvalue weighted by molar-refractivity contribution is 0.153. The summed E-state index contributed by atoms with van der Waals surface area (Å²) in [5, 5.41) is 3.41. The molecule has 3 nitrogen and oxygen atoms in total. The van der Waals surface area contributed by atoms with Gasteiger partial charge in [0.05, 0.1) is 13.2 Å². The SMILES string of the molecule is C=C(C)COCCNC(CN)C(C)CC. The molecule has 0 saturated heterocycles. The largest absolute Gasteiger partial charge is 0.376 e. The molecule has 0 radical (unpaired) electrons. The highest BCUT2D eigenvalue weighted by Gasteiger charge is 2.12. The maximum Gasteiger partial charge on any atom is 0.0672 e. The van der Waals surface area contributed by atoms with Crippen molar-refractivity contribution in [2.75, 3.05) is 26.3 Å². The van der Waals surface area contributed by atoms with Gasteiger partial charge >= 0.3 is 0 Å². The smallest absolute Gasteiger partial charge is 0.0672 e. The summed E-state index contributed by atoms with van der Waals surface area (Å²) in [5.74, 6) is 0.621. The van der Waals surface area contributed by atoms with Crippen molar-refractivity contribution in [3.63, 3.8) is 0 Å². The van der Waals surface area contributed by atoms with Gasteiger partial charge in [-0.05, 0) is 12.8 Å². The molecule has 3 heteroatoms. The van der Waals surface area contributed by atoms with Crippen molar-refractivity contribution in [3.8, 4) is 0 Å². The standard InChI is InChI=1S/C12H26N2O/c1-5-11(4)12(8-13)14-6-7-15-9-10(2)3/h11-12,14H,2,5-9,13H2,1,3-4H3. The van der Waals surface area contributed by atoms with Gasteiger partial charge in [-0.2, -0.15) is 0 Å². The molecule has 15 heavy (non-hydrogen) atoms. The van der Waals surface area contributed by atoms with Crippen molar-refractivity contribution in [1.82, 2.24) is 5.32 Å². The van der Waals surface area contributed by atoms with E-state index in [4.69, 9.17) is 10.5 Å². The van der Waals surface area contributed by atoms with E-state index < -0.39 is 0 Å². The zero-order valence-corrected chi connectivity index (χ0v) is 10.4. The first-order chi connectivity index (χ1) is 7.11. The molecule has 0 bridgehead atoms. The van der Waals surface area contributed by atoms with Gasteiger partial charge in [0.15, 0.2) is 0 Å². The fourth-order valence-electron chi connectivity index (χ4n) is 1.36. The van der Waals surface area contributed by atoms with Crippen molar-refractivity contribution in [1.29, 1.82) is 0 Å². The fourth-order valence-corrected chi connectivity index (χ4v) is 1.36. The van der Waals surface area contributed by atoms with Gasteiger partial charge in [0, 0.05) is 19.1 Å². The van der Waals surface area contributed by atoms with Gasteiger partial charge in [0.2, 0.25) is 0 Å². The van der Waals surface area contributed by atoms with Crippen molar-refractivity contribution in [2.45, 2.75) is 33.2 Å². The van der Waals surface area contributed by atoms with E-state index in [2.05, 4.69) is 25.7 Å². The van der Waals surface area contributed by atoms with E-state index in [1.54, 1.807) is 0 Å². The zero-order chi connectivity index (χ0) is 11.7. The van der Waals surface area contributed by atoms with Crippen LogP contribution < -0.4 is 11.1 Å². The summed E-state index contributed by atoms with van der Waals surface area (Å²) in [4.78, 5) is 0. The van der Waals surface area contributed by atoms with Crippen LogP contribution in [0.4, 0.5) is 0 Å². The van der Waals surface area contributed by atoms with Gasteiger partial charge in [0.25, 0.3) is 0 Å². The Balaban J connectivity index is 3.50. The van der Waals surface area contributed by atoms with E-state index in [1.807, 2.05) is 6.92 Å². The molecule has 0 aliphatic rings. The predicted octanol–water partition coefficient (Wildman–Crippen LogP) is 1.54. The van der Waals surface area contributed by atoms with Crippen LogP contribution in [0.25, 0.3) is 0 Å². The number of hydrogen-bond donors (Lipinski definition) is 2. The number of rotatable bonds is 9. The molecule has 0 aliphatic carbocycles. The van der Waals surface area contributed by atoms with Crippen molar-refractivity contribution in [2.24, 2.45) is 11.7 Å². The summed E-state index contributed by atoms with van der Waals surface area (Å²) in [7, 11) is 0. The Morgan fingerprint density at radius 2 is 2.20 bits per heavy atom. The van der Waals surface area contributed by atoms with E-state index >= 15 is 0 Å². The van der Waals surface area contributed by atoms with Crippen LogP contribution >= 0.6 is 0 Å². The third-order valence-electron chi connectivity index (χ3n) is 2.59. The summed E-state index contributed by atoms with van der Waals surface area (Å²) in [6.07, 6.45) is 1.15. The maximum atomic E-state index is 5.69. The molecule has 0 aliphatic heterocycles. The van der Waals surface area contributed by atoms with Crippen LogP contribution in [0.1, 0.15) is 27.2 Å². The highest BCUT2D eigenvalue weighted by molar-refractivity contribution is 4.87. The van der Waals surface area contributed by atoms with Gasteiger partial charge in [-0.25, -0.2) is 0 Å². The molecular weight excluding hydrogens is 188 g/mol. The van der Waals surface area contributed by atoms with Crippen molar-refractivity contribution >= 4 is 0 Å². The molecule has 0 aromatic carbocycles. The van der Waals surface area contributed by atoms with Crippen molar-refractivity contribution in [3.05, 3.63) is 12.2 Å². The Labute approximate surface area is 94.1 Å². The molecule has 0 amide bonds. The Morgan fingerprint density at radius 1 is 1.53 bits per heavy atom. The lowest BCUT2D eigenvalue weighted by atomic mass is 9.99. The number of nitrogens with two attached hydrogens (primary N) is 1. The number of nitrogens with one attached hydrogen (secondary N) is 1. The minimum absolute atomic E-state index is 0.406. The second kappa shape index (κ2) is 8.89. The third kappa shape index (κ3) is 7.54. The first-order valence-corrected chi connectivity index (χ1v) is 5.77. The topological polar surface area (TPSA) is 47.3 Å². The fraction of sp³-hybridized carbons (Fsp3) is 0.833. The van der Waals surface area contributed by atoms with Gasteiger partial charge in [-0.15, -0.1) is 0 Å². The Bertz CT molecular complexity index is 171. The first kappa shape index (κ1) is 14.6. The second-order valence-electron chi connectivity index (χ2n) is 4.19. The molecule has 2 unspecified atom stereocenters. The third-order valence-corrected chi connectivity index (χ3v) is 2.59. The lowest BCUT2D eigenvalue weighted by Gasteiger charge is -2.22. The van der Waals surface area contributed by atoms with Gasteiger partial charge in [-0.3, -0.25) is 0 Å². The molecule has 0 rings (SSSR count). The molecule has 3 N–H and O–H groups in total. The molecule has 0 aromatic rings. The van der Waals surface area contributed by atoms with Crippen LogP contribution in [-0.2, 0) is 4.74 Å². The van der Waals surface area contributed by atoms with Crippen LogP contribution in [0.3, 0.4) is 0 Å². The molecule has 0 saturated carbocycles. The highest BCUT2D eigenvalue weighted by Crippen LogP contribution is 2.05. The minimum Gasteiger partial charge on any atom is -0.376 e. The summed E-state index contributed by atoms with van der Waals surface area (Å²) in [6, 6.07) is 0.406. The van der Waals surface area contributed by atoms with Crippen LogP contribution in [0, 0.1) is 5.92 Å². The molecular formula is C12H26N2O. The van der Waals surface area contributed by atoms with Crippen molar-refractivity contribution < 1.29 is 4.74 Å². The summed E-state index contributed by atoms with van der Waals surface area (Å²) < 4.78 is 5.40. The van der Waals surface area contributed by atoms with E-state index in [0.29, 0.717) is 25.1 Å². The Kier molecular flexibility index (Phi) is 8.67. The van der Waals surface area contributed by atoms with Gasteiger partial charge in [0.1, 0.15) is 0 Å². The van der Waals surface area contributed by atoms with Crippen LogP contribution in [0.15, 0.2) is 12.2 Å². The average molecular weight is 214 g/mol.